The highest BCUT2D eigenvalue weighted by Gasteiger charge is 2.12. The van der Waals surface area contributed by atoms with E-state index in [4.69, 9.17) is 20.8 Å². The number of anilines is 1. The van der Waals surface area contributed by atoms with Crippen molar-refractivity contribution in [1.29, 1.82) is 0 Å². The summed E-state index contributed by atoms with van der Waals surface area (Å²) in [6, 6.07) is 17.8. The zero-order valence-corrected chi connectivity index (χ0v) is 14.8. The number of amides is 1. The second kappa shape index (κ2) is 7.55. The predicted octanol–water partition coefficient (Wildman–Crippen LogP) is 5.53. The number of benzene rings is 2. The van der Waals surface area contributed by atoms with Crippen LogP contribution < -0.4 is 10.1 Å². The summed E-state index contributed by atoms with van der Waals surface area (Å²) in [5, 5.41) is 3.26. The van der Waals surface area contributed by atoms with E-state index in [1.807, 2.05) is 24.3 Å². The summed E-state index contributed by atoms with van der Waals surface area (Å²) in [5.74, 6) is 0.993. The fourth-order valence-electron chi connectivity index (χ4n) is 2.03. The summed E-state index contributed by atoms with van der Waals surface area (Å²) < 4.78 is 12.0. The van der Waals surface area contributed by atoms with Crippen LogP contribution in [-0.4, -0.2) is 5.91 Å². The molecule has 0 saturated carbocycles. The normalized spacial score (nSPS) is 10.4. The molecule has 0 aliphatic carbocycles. The molecule has 0 atom stereocenters. The Morgan fingerprint density at radius 1 is 1.12 bits per heavy atom. The average Bonchev–Trinajstić information content (AvgIpc) is 3.04. The van der Waals surface area contributed by atoms with Gasteiger partial charge in [-0.05, 0) is 42.5 Å². The molecular weight excluding hydrogens is 394 g/mol. The SMILES string of the molecule is O=C(Nc1ccccc1)c1ccc(COc2ccc(Br)cc2Cl)o1. The number of furan rings is 1. The van der Waals surface area contributed by atoms with Gasteiger partial charge in [0.1, 0.15) is 18.1 Å². The van der Waals surface area contributed by atoms with Crippen LogP contribution in [0.4, 0.5) is 5.69 Å². The minimum atomic E-state index is -0.311. The van der Waals surface area contributed by atoms with E-state index in [0.717, 1.165) is 4.47 Å². The Hall–Kier alpha value is -2.24. The van der Waals surface area contributed by atoms with Gasteiger partial charge in [-0.15, -0.1) is 0 Å². The molecule has 1 N–H and O–H groups in total. The van der Waals surface area contributed by atoms with Gasteiger partial charge in [-0.2, -0.15) is 0 Å². The van der Waals surface area contributed by atoms with Gasteiger partial charge in [0, 0.05) is 10.2 Å². The maximum Gasteiger partial charge on any atom is 0.291 e. The van der Waals surface area contributed by atoms with Crippen LogP contribution in [0.2, 0.25) is 5.02 Å². The molecule has 1 heterocycles. The summed E-state index contributed by atoms with van der Waals surface area (Å²) in [4.78, 5) is 12.1. The molecule has 1 amide bonds. The summed E-state index contributed by atoms with van der Waals surface area (Å²) >= 11 is 9.43. The highest BCUT2D eigenvalue weighted by molar-refractivity contribution is 9.10. The average molecular weight is 407 g/mol. The number of halogens is 2. The van der Waals surface area contributed by atoms with E-state index in [2.05, 4.69) is 21.2 Å². The van der Waals surface area contributed by atoms with Crippen molar-refractivity contribution in [3.63, 3.8) is 0 Å². The number of hydrogen-bond acceptors (Lipinski definition) is 3. The van der Waals surface area contributed by atoms with Gasteiger partial charge in [0.15, 0.2) is 5.76 Å². The molecule has 3 rings (SSSR count). The standard InChI is InChI=1S/C18H13BrClNO3/c19-12-6-8-16(15(20)10-12)23-11-14-7-9-17(24-14)18(22)21-13-4-2-1-3-5-13/h1-10H,11H2,(H,21,22). The Labute approximate surface area is 152 Å². The highest BCUT2D eigenvalue weighted by Crippen LogP contribution is 2.28. The molecule has 1 aromatic heterocycles. The van der Waals surface area contributed by atoms with Gasteiger partial charge in [-0.1, -0.05) is 45.7 Å². The van der Waals surface area contributed by atoms with E-state index in [-0.39, 0.29) is 18.3 Å². The van der Waals surface area contributed by atoms with Crippen LogP contribution in [0.3, 0.4) is 0 Å². The van der Waals surface area contributed by atoms with Gasteiger partial charge in [-0.25, -0.2) is 0 Å². The molecule has 0 fully saturated rings. The Morgan fingerprint density at radius 3 is 2.67 bits per heavy atom. The molecule has 0 aliphatic heterocycles. The molecule has 0 bridgehead atoms. The largest absolute Gasteiger partial charge is 0.484 e. The Morgan fingerprint density at radius 2 is 1.92 bits per heavy atom. The summed E-state index contributed by atoms with van der Waals surface area (Å²) in [6.45, 7) is 0.181. The third kappa shape index (κ3) is 4.19. The zero-order valence-electron chi connectivity index (χ0n) is 12.5. The lowest BCUT2D eigenvalue weighted by molar-refractivity contribution is 0.0992. The van der Waals surface area contributed by atoms with Crippen molar-refractivity contribution in [2.75, 3.05) is 5.32 Å². The number of nitrogens with one attached hydrogen (secondary N) is 1. The van der Waals surface area contributed by atoms with Crippen LogP contribution in [0.15, 0.2) is 69.6 Å². The van der Waals surface area contributed by atoms with E-state index < -0.39 is 0 Å². The molecule has 24 heavy (non-hydrogen) atoms. The lowest BCUT2D eigenvalue weighted by atomic mass is 10.3. The first-order valence-electron chi connectivity index (χ1n) is 7.15. The summed E-state index contributed by atoms with van der Waals surface area (Å²) in [6.07, 6.45) is 0. The minimum Gasteiger partial charge on any atom is -0.484 e. The zero-order chi connectivity index (χ0) is 16.9. The van der Waals surface area contributed by atoms with Crippen molar-refractivity contribution in [2.45, 2.75) is 6.61 Å². The van der Waals surface area contributed by atoms with Crippen molar-refractivity contribution in [3.05, 3.63) is 81.7 Å². The van der Waals surface area contributed by atoms with Gasteiger partial charge in [0.2, 0.25) is 0 Å². The molecule has 0 radical (unpaired) electrons. The van der Waals surface area contributed by atoms with Crippen molar-refractivity contribution in [1.82, 2.24) is 0 Å². The molecule has 2 aromatic carbocycles. The van der Waals surface area contributed by atoms with Crippen LogP contribution in [0, 0.1) is 0 Å². The van der Waals surface area contributed by atoms with Crippen molar-refractivity contribution in [3.8, 4) is 5.75 Å². The fraction of sp³-hybridized carbons (Fsp3) is 0.0556. The molecular formula is C18H13BrClNO3. The van der Waals surface area contributed by atoms with Crippen molar-refractivity contribution < 1.29 is 13.9 Å². The summed E-state index contributed by atoms with van der Waals surface area (Å²) in [5.41, 5.74) is 0.707. The van der Waals surface area contributed by atoms with Crippen LogP contribution in [0.5, 0.6) is 5.75 Å². The summed E-state index contributed by atoms with van der Waals surface area (Å²) in [7, 11) is 0. The van der Waals surface area contributed by atoms with E-state index in [0.29, 0.717) is 22.2 Å². The number of rotatable bonds is 5. The third-order valence-corrected chi connectivity index (χ3v) is 3.97. The van der Waals surface area contributed by atoms with Crippen LogP contribution >= 0.6 is 27.5 Å². The van der Waals surface area contributed by atoms with Crippen molar-refractivity contribution >= 4 is 39.1 Å². The lowest BCUT2D eigenvalue weighted by Crippen LogP contribution is -2.10. The minimum absolute atomic E-state index is 0.181. The maximum atomic E-state index is 12.1. The van der Waals surface area contributed by atoms with Crippen molar-refractivity contribution in [2.24, 2.45) is 0 Å². The highest BCUT2D eigenvalue weighted by atomic mass is 79.9. The second-order valence-electron chi connectivity index (χ2n) is 4.95. The van der Waals surface area contributed by atoms with Gasteiger partial charge >= 0.3 is 0 Å². The molecule has 0 spiro atoms. The first-order chi connectivity index (χ1) is 11.6. The molecule has 0 aliphatic rings. The fourth-order valence-corrected chi connectivity index (χ4v) is 2.76. The van der Waals surface area contributed by atoms with E-state index in [1.165, 1.54) is 0 Å². The molecule has 3 aromatic rings. The Balaban J connectivity index is 1.62. The van der Waals surface area contributed by atoms with Crippen LogP contribution in [0.25, 0.3) is 0 Å². The number of carbonyl (C=O) groups is 1. The van der Waals surface area contributed by atoms with Gasteiger partial charge in [-0.3, -0.25) is 4.79 Å². The van der Waals surface area contributed by atoms with E-state index in [9.17, 15) is 4.79 Å². The monoisotopic (exact) mass is 405 g/mol. The second-order valence-corrected chi connectivity index (χ2v) is 6.27. The van der Waals surface area contributed by atoms with Crippen LogP contribution in [0.1, 0.15) is 16.3 Å². The van der Waals surface area contributed by atoms with Gasteiger partial charge in [0.05, 0.1) is 5.02 Å². The molecule has 4 nitrogen and oxygen atoms in total. The Kier molecular flexibility index (Phi) is 5.23. The van der Waals surface area contributed by atoms with Gasteiger partial charge in [0.25, 0.3) is 5.91 Å². The molecule has 0 saturated heterocycles. The number of hydrogen-bond donors (Lipinski definition) is 1. The number of ether oxygens (including phenoxy) is 1. The predicted molar refractivity (Wildman–Crippen MR) is 96.6 cm³/mol. The molecule has 6 heteroatoms. The maximum absolute atomic E-state index is 12.1. The topological polar surface area (TPSA) is 51.5 Å². The Bertz CT molecular complexity index is 848. The third-order valence-electron chi connectivity index (χ3n) is 3.18. The smallest absolute Gasteiger partial charge is 0.291 e. The molecule has 122 valence electrons. The van der Waals surface area contributed by atoms with Crippen LogP contribution in [-0.2, 0) is 6.61 Å². The van der Waals surface area contributed by atoms with E-state index in [1.54, 1.807) is 36.4 Å². The van der Waals surface area contributed by atoms with Gasteiger partial charge < -0.3 is 14.5 Å². The first-order valence-corrected chi connectivity index (χ1v) is 8.32. The number of para-hydroxylation sites is 1. The first kappa shape index (κ1) is 16.6. The molecule has 0 unspecified atom stereocenters. The lowest BCUT2D eigenvalue weighted by Gasteiger charge is -2.06. The quantitative estimate of drug-likeness (QED) is 0.606. The van der Waals surface area contributed by atoms with E-state index >= 15 is 0 Å². The number of carbonyl (C=O) groups excluding carboxylic acids is 1.